The Kier molecular flexibility index (Phi) is 5.07. The van der Waals surface area contributed by atoms with Gasteiger partial charge in [0.05, 0.1) is 6.61 Å². The molecule has 0 unspecified atom stereocenters. The number of hydrogen-bond acceptors (Lipinski definition) is 4. The van der Waals surface area contributed by atoms with Crippen molar-refractivity contribution < 1.29 is 19.4 Å². The van der Waals surface area contributed by atoms with Gasteiger partial charge in [-0.1, -0.05) is 25.1 Å². The van der Waals surface area contributed by atoms with E-state index in [1.165, 1.54) is 6.92 Å². The van der Waals surface area contributed by atoms with Crippen LogP contribution < -0.4 is 4.74 Å². The summed E-state index contributed by atoms with van der Waals surface area (Å²) in [5, 5.41) is 9.45. The van der Waals surface area contributed by atoms with Crippen molar-refractivity contribution >= 4 is 5.97 Å². The van der Waals surface area contributed by atoms with Gasteiger partial charge in [0.15, 0.2) is 0 Å². The summed E-state index contributed by atoms with van der Waals surface area (Å²) in [6.07, 6.45) is 0.755. The van der Waals surface area contributed by atoms with Crippen LogP contribution in [0.4, 0.5) is 0 Å². The first kappa shape index (κ1) is 13.1. The molecular formula is C13H16O4. The molecule has 0 radical (unpaired) electrons. The lowest BCUT2D eigenvalue weighted by molar-refractivity contribution is -0.130. The molecule has 0 amide bonds. The van der Waals surface area contributed by atoms with E-state index in [2.05, 4.69) is 0 Å². The van der Waals surface area contributed by atoms with Gasteiger partial charge in [-0.05, 0) is 25.5 Å². The fourth-order valence-electron chi connectivity index (χ4n) is 1.07. The van der Waals surface area contributed by atoms with Gasteiger partial charge >= 0.3 is 5.97 Å². The summed E-state index contributed by atoms with van der Waals surface area (Å²) in [4.78, 5) is 11.6. The van der Waals surface area contributed by atoms with Gasteiger partial charge in [0, 0.05) is 0 Å². The summed E-state index contributed by atoms with van der Waals surface area (Å²) in [5.41, 5.74) is 0.0577. The maximum Gasteiger partial charge on any atom is 0.346 e. The van der Waals surface area contributed by atoms with Crippen LogP contribution in [0.2, 0.25) is 0 Å². The van der Waals surface area contributed by atoms with E-state index in [9.17, 15) is 9.90 Å². The van der Waals surface area contributed by atoms with Crippen LogP contribution in [0.3, 0.4) is 0 Å². The smallest absolute Gasteiger partial charge is 0.346 e. The van der Waals surface area contributed by atoms with Gasteiger partial charge in [0.1, 0.15) is 11.3 Å². The van der Waals surface area contributed by atoms with Crippen LogP contribution in [0.1, 0.15) is 20.3 Å². The van der Waals surface area contributed by atoms with Gasteiger partial charge in [0.2, 0.25) is 0 Å². The van der Waals surface area contributed by atoms with E-state index in [1.807, 2.05) is 13.0 Å². The number of esters is 1. The van der Waals surface area contributed by atoms with E-state index in [0.717, 1.165) is 6.42 Å². The number of hydrogen-bond donors (Lipinski definition) is 1. The molecule has 1 N–H and O–H groups in total. The summed E-state index contributed by atoms with van der Waals surface area (Å²) in [5.74, 6) is -0.572. The summed E-state index contributed by atoms with van der Waals surface area (Å²) in [6.45, 7) is 3.73. The predicted octanol–water partition coefficient (Wildman–Crippen LogP) is 2.81. The normalized spacial score (nSPS) is 11.6. The van der Waals surface area contributed by atoms with Crippen molar-refractivity contribution in [1.29, 1.82) is 0 Å². The monoisotopic (exact) mass is 236 g/mol. The minimum atomic E-state index is -0.621. The van der Waals surface area contributed by atoms with E-state index in [-0.39, 0.29) is 11.5 Å². The number of rotatable bonds is 5. The van der Waals surface area contributed by atoms with Crippen LogP contribution in [0.15, 0.2) is 41.9 Å². The number of para-hydroxylation sites is 1. The lowest BCUT2D eigenvalue weighted by atomic mass is 10.3. The number of aliphatic hydroxyl groups excluding tert-OH is 1. The quantitative estimate of drug-likeness (QED) is 0.369. The molecular weight excluding hydrogens is 220 g/mol. The topological polar surface area (TPSA) is 55.8 Å². The molecule has 92 valence electrons. The van der Waals surface area contributed by atoms with Crippen LogP contribution in [0.25, 0.3) is 0 Å². The Balaban J connectivity index is 2.64. The fraction of sp³-hybridized carbons (Fsp3) is 0.308. The lowest BCUT2D eigenvalue weighted by Crippen LogP contribution is -2.12. The molecule has 4 nitrogen and oxygen atoms in total. The minimum Gasteiger partial charge on any atom is -0.481 e. The third kappa shape index (κ3) is 4.18. The van der Waals surface area contributed by atoms with E-state index in [1.54, 1.807) is 24.3 Å². The molecule has 0 aliphatic heterocycles. The van der Waals surface area contributed by atoms with Crippen molar-refractivity contribution in [2.75, 3.05) is 6.61 Å². The van der Waals surface area contributed by atoms with E-state index in [4.69, 9.17) is 9.47 Å². The molecule has 4 heteroatoms. The van der Waals surface area contributed by atoms with Crippen LogP contribution >= 0.6 is 0 Å². The van der Waals surface area contributed by atoms with Gasteiger partial charge in [0.25, 0.3) is 5.95 Å². The molecule has 1 aromatic rings. The van der Waals surface area contributed by atoms with Gasteiger partial charge < -0.3 is 14.6 Å². The zero-order valence-corrected chi connectivity index (χ0v) is 9.97. The van der Waals surface area contributed by atoms with Crippen molar-refractivity contribution in [3.63, 3.8) is 0 Å². The van der Waals surface area contributed by atoms with Gasteiger partial charge in [-0.2, -0.15) is 0 Å². The molecule has 0 aromatic heterocycles. The maximum atomic E-state index is 11.6. The minimum absolute atomic E-state index is 0.0577. The Morgan fingerprint density at radius 3 is 2.53 bits per heavy atom. The van der Waals surface area contributed by atoms with Crippen molar-refractivity contribution in [3.05, 3.63) is 41.9 Å². The standard InChI is InChI=1S/C13H16O4/c1-3-9-16-12(14)10(2)13(15)17-11-7-5-4-6-8-11/h4-8,14H,3,9H2,1-2H3. The Hall–Kier alpha value is -1.97. The Morgan fingerprint density at radius 1 is 1.29 bits per heavy atom. The van der Waals surface area contributed by atoms with Crippen molar-refractivity contribution in [2.24, 2.45) is 0 Å². The van der Waals surface area contributed by atoms with Crippen LogP contribution in [-0.2, 0) is 9.53 Å². The summed E-state index contributed by atoms with van der Waals surface area (Å²) >= 11 is 0. The third-order valence-electron chi connectivity index (χ3n) is 2.02. The molecule has 0 saturated carbocycles. The highest BCUT2D eigenvalue weighted by Crippen LogP contribution is 2.12. The second kappa shape index (κ2) is 6.58. The zero-order valence-electron chi connectivity index (χ0n) is 9.97. The van der Waals surface area contributed by atoms with Gasteiger partial charge in [-0.25, -0.2) is 4.79 Å². The molecule has 0 aliphatic rings. The molecule has 0 saturated heterocycles. The van der Waals surface area contributed by atoms with Crippen LogP contribution in [-0.4, -0.2) is 17.7 Å². The highest BCUT2D eigenvalue weighted by atomic mass is 16.6. The van der Waals surface area contributed by atoms with Crippen molar-refractivity contribution in [2.45, 2.75) is 20.3 Å². The van der Waals surface area contributed by atoms with E-state index < -0.39 is 5.97 Å². The molecule has 1 aromatic carbocycles. The third-order valence-corrected chi connectivity index (χ3v) is 2.02. The van der Waals surface area contributed by atoms with E-state index in [0.29, 0.717) is 12.4 Å². The first-order valence-corrected chi connectivity index (χ1v) is 5.45. The van der Waals surface area contributed by atoms with Crippen LogP contribution in [0.5, 0.6) is 5.75 Å². The van der Waals surface area contributed by atoms with Gasteiger partial charge in [-0.3, -0.25) is 0 Å². The van der Waals surface area contributed by atoms with Crippen LogP contribution in [0, 0.1) is 0 Å². The fourth-order valence-corrected chi connectivity index (χ4v) is 1.07. The molecule has 1 rings (SSSR count). The average molecular weight is 236 g/mol. The van der Waals surface area contributed by atoms with Crippen molar-refractivity contribution in [3.8, 4) is 5.75 Å². The molecule has 0 atom stereocenters. The zero-order chi connectivity index (χ0) is 12.7. The Morgan fingerprint density at radius 2 is 1.94 bits per heavy atom. The molecule has 0 bridgehead atoms. The summed E-state index contributed by atoms with van der Waals surface area (Å²) in [7, 11) is 0. The first-order chi connectivity index (χ1) is 8.15. The number of benzene rings is 1. The number of carbonyl (C=O) groups excluding carboxylic acids is 1. The molecule has 17 heavy (non-hydrogen) atoms. The highest BCUT2D eigenvalue weighted by Gasteiger charge is 2.13. The Bertz CT molecular complexity index is 395. The average Bonchev–Trinajstić information content (AvgIpc) is 2.36. The first-order valence-electron chi connectivity index (χ1n) is 5.45. The second-order valence-electron chi connectivity index (χ2n) is 3.48. The molecule has 0 heterocycles. The predicted molar refractivity (Wildman–Crippen MR) is 63.6 cm³/mol. The Labute approximate surface area is 100 Å². The van der Waals surface area contributed by atoms with Crippen molar-refractivity contribution in [1.82, 2.24) is 0 Å². The maximum absolute atomic E-state index is 11.6. The lowest BCUT2D eigenvalue weighted by Gasteiger charge is -2.07. The second-order valence-corrected chi connectivity index (χ2v) is 3.48. The number of ether oxygens (including phenoxy) is 2. The van der Waals surface area contributed by atoms with E-state index >= 15 is 0 Å². The summed E-state index contributed by atoms with van der Waals surface area (Å²) in [6, 6.07) is 8.66. The SMILES string of the molecule is CCCOC(O)=C(C)C(=O)Oc1ccccc1. The number of aliphatic hydroxyl groups is 1. The molecule has 0 spiro atoms. The molecule has 0 fully saturated rings. The number of carbonyl (C=O) groups is 1. The summed E-state index contributed by atoms with van der Waals surface area (Å²) < 4.78 is 9.99. The van der Waals surface area contributed by atoms with Gasteiger partial charge in [-0.15, -0.1) is 0 Å². The largest absolute Gasteiger partial charge is 0.481 e. The molecule has 0 aliphatic carbocycles. The highest BCUT2D eigenvalue weighted by molar-refractivity contribution is 5.89.